The molecule has 0 fully saturated rings. The quantitative estimate of drug-likeness (QED) is 0.908. The summed E-state index contributed by atoms with van der Waals surface area (Å²) in [5, 5.41) is 9.95. The zero-order valence-electron chi connectivity index (χ0n) is 12.2. The Hall–Kier alpha value is -1.46. The van der Waals surface area contributed by atoms with Gasteiger partial charge in [0.05, 0.1) is 0 Å². The molecule has 0 aromatic heterocycles. The summed E-state index contributed by atoms with van der Waals surface area (Å²) < 4.78 is 5.17. The number of likely N-dealkylation sites (N-methyl/N-ethyl adjacent to an activating group) is 1. The molecule has 0 aliphatic carbocycles. The van der Waals surface area contributed by atoms with Crippen LogP contribution in [0.25, 0.3) is 0 Å². The molecule has 21 heavy (non-hydrogen) atoms. The van der Waals surface area contributed by atoms with Crippen LogP contribution >= 0.6 is 23.2 Å². The lowest BCUT2D eigenvalue weighted by atomic mass is 10.1. The molecule has 0 bridgehead atoms. The second-order valence-corrected chi connectivity index (χ2v) is 6.34. The first-order valence-electron chi connectivity index (χ1n) is 6.16. The highest BCUT2D eigenvalue weighted by atomic mass is 35.5. The van der Waals surface area contributed by atoms with Crippen molar-refractivity contribution >= 4 is 35.3 Å². The van der Waals surface area contributed by atoms with Crippen LogP contribution in [0, 0.1) is 0 Å². The standard InChI is InChI=1S/C14H17Cl2NO4/c1-14(2,3)21-13(20)17(4)11(12(18)19)9-7-8(15)5-6-10(9)16/h5-7,11H,1-4H3,(H,18,19). The van der Waals surface area contributed by atoms with E-state index in [0.29, 0.717) is 5.02 Å². The highest BCUT2D eigenvalue weighted by Crippen LogP contribution is 2.30. The molecule has 1 atom stereocenters. The lowest BCUT2D eigenvalue weighted by Crippen LogP contribution is -2.39. The average molecular weight is 334 g/mol. The van der Waals surface area contributed by atoms with Crippen molar-refractivity contribution in [2.45, 2.75) is 32.4 Å². The summed E-state index contributed by atoms with van der Waals surface area (Å²) in [5.41, 5.74) is -0.503. The Bertz CT molecular complexity index is 554. The SMILES string of the molecule is CN(C(=O)OC(C)(C)C)C(C(=O)O)c1cc(Cl)ccc1Cl. The molecule has 1 aromatic carbocycles. The maximum absolute atomic E-state index is 12.0. The van der Waals surface area contributed by atoms with Crippen LogP contribution in [0.2, 0.25) is 10.0 Å². The van der Waals surface area contributed by atoms with Crippen molar-refractivity contribution in [3.05, 3.63) is 33.8 Å². The average Bonchev–Trinajstić information content (AvgIpc) is 2.31. The van der Waals surface area contributed by atoms with Crippen molar-refractivity contribution < 1.29 is 19.4 Å². The van der Waals surface area contributed by atoms with Crippen molar-refractivity contribution in [2.75, 3.05) is 7.05 Å². The van der Waals surface area contributed by atoms with Gasteiger partial charge in [-0.05, 0) is 39.0 Å². The van der Waals surface area contributed by atoms with Gasteiger partial charge in [0, 0.05) is 22.7 Å². The summed E-state index contributed by atoms with van der Waals surface area (Å²) in [6, 6.07) is 3.16. The summed E-state index contributed by atoms with van der Waals surface area (Å²) in [4.78, 5) is 24.5. The number of rotatable bonds is 3. The minimum Gasteiger partial charge on any atom is -0.479 e. The third-order valence-electron chi connectivity index (χ3n) is 2.56. The number of nitrogens with zero attached hydrogens (tertiary/aromatic N) is 1. The number of ether oxygens (including phenoxy) is 1. The van der Waals surface area contributed by atoms with Gasteiger partial charge in [-0.15, -0.1) is 0 Å². The van der Waals surface area contributed by atoms with Gasteiger partial charge >= 0.3 is 12.1 Å². The topological polar surface area (TPSA) is 66.8 Å². The number of carbonyl (C=O) groups excluding carboxylic acids is 1. The Balaban J connectivity index is 3.15. The van der Waals surface area contributed by atoms with Crippen molar-refractivity contribution in [2.24, 2.45) is 0 Å². The predicted molar refractivity (Wildman–Crippen MR) is 80.8 cm³/mol. The fourth-order valence-corrected chi connectivity index (χ4v) is 2.07. The molecule has 0 radical (unpaired) electrons. The smallest absolute Gasteiger partial charge is 0.411 e. The zero-order chi connectivity index (χ0) is 16.4. The fourth-order valence-electron chi connectivity index (χ4n) is 1.67. The van der Waals surface area contributed by atoms with Gasteiger partial charge in [0.25, 0.3) is 0 Å². The zero-order valence-corrected chi connectivity index (χ0v) is 13.7. The predicted octanol–water partition coefficient (Wildman–Crippen LogP) is 3.99. The minimum absolute atomic E-state index is 0.210. The molecule has 1 N–H and O–H groups in total. The Morgan fingerprint density at radius 1 is 1.29 bits per heavy atom. The lowest BCUT2D eigenvalue weighted by Gasteiger charge is -2.29. The summed E-state index contributed by atoms with van der Waals surface area (Å²) in [7, 11) is 1.34. The molecule has 0 saturated heterocycles. The van der Waals surface area contributed by atoms with E-state index >= 15 is 0 Å². The van der Waals surface area contributed by atoms with E-state index in [0.717, 1.165) is 4.90 Å². The Kier molecular flexibility index (Phi) is 5.48. The van der Waals surface area contributed by atoms with Crippen molar-refractivity contribution in [1.82, 2.24) is 4.90 Å². The normalized spacial score (nSPS) is 12.7. The second kappa shape index (κ2) is 6.54. The van der Waals surface area contributed by atoms with E-state index < -0.39 is 23.7 Å². The first-order chi connectivity index (χ1) is 9.53. The number of hydrogen-bond donors (Lipinski definition) is 1. The van der Waals surface area contributed by atoms with Gasteiger partial charge in [0.1, 0.15) is 5.60 Å². The van der Waals surface area contributed by atoms with Crippen molar-refractivity contribution in [3.63, 3.8) is 0 Å². The number of aliphatic carboxylic acids is 1. The van der Waals surface area contributed by atoms with E-state index in [4.69, 9.17) is 27.9 Å². The van der Waals surface area contributed by atoms with Gasteiger partial charge < -0.3 is 9.84 Å². The molecule has 1 unspecified atom stereocenters. The monoisotopic (exact) mass is 333 g/mol. The van der Waals surface area contributed by atoms with Gasteiger partial charge in [-0.3, -0.25) is 4.90 Å². The number of carboxylic acid groups (broad SMARTS) is 1. The first-order valence-corrected chi connectivity index (χ1v) is 6.92. The molecule has 0 saturated carbocycles. The molecule has 5 nitrogen and oxygen atoms in total. The Morgan fingerprint density at radius 2 is 1.86 bits per heavy atom. The maximum atomic E-state index is 12.0. The second-order valence-electron chi connectivity index (χ2n) is 5.50. The number of carboxylic acids is 1. The van der Waals surface area contributed by atoms with Crippen LogP contribution in [-0.2, 0) is 9.53 Å². The summed E-state index contributed by atoms with van der Waals surface area (Å²) in [5.74, 6) is -1.23. The van der Waals surface area contributed by atoms with Crippen molar-refractivity contribution in [1.29, 1.82) is 0 Å². The largest absolute Gasteiger partial charge is 0.479 e. The number of hydrogen-bond acceptors (Lipinski definition) is 3. The van der Waals surface area contributed by atoms with Gasteiger partial charge in [-0.25, -0.2) is 9.59 Å². The molecule has 0 spiro atoms. The van der Waals surface area contributed by atoms with E-state index in [2.05, 4.69) is 0 Å². The van der Waals surface area contributed by atoms with Gasteiger partial charge in [-0.1, -0.05) is 23.2 Å². The van der Waals surface area contributed by atoms with E-state index in [-0.39, 0.29) is 10.6 Å². The van der Waals surface area contributed by atoms with Crippen LogP contribution < -0.4 is 0 Å². The molecule has 0 aliphatic heterocycles. The Morgan fingerprint density at radius 3 is 2.33 bits per heavy atom. The third kappa shape index (κ3) is 4.79. The number of benzene rings is 1. The molecular weight excluding hydrogens is 317 g/mol. The third-order valence-corrected chi connectivity index (χ3v) is 3.13. The van der Waals surface area contributed by atoms with E-state index in [1.807, 2.05) is 0 Å². The van der Waals surface area contributed by atoms with Crippen LogP contribution in [-0.4, -0.2) is 34.7 Å². The number of amides is 1. The maximum Gasteiger partial charge on any atom is 0.411 e. The molecule has 0 aliphatic rings. The van der Waals surface area contributed by atoms with Crippen LogP contribution in [0.15, 0.2) is 18.2 Å². The van der Waals surface area contributed by atoms with Crippen LogP contribution in [0.1, 0.15) is 32.4 Å². The number of halogens is 2. The highest BCUT2D eigenvalue weighted by Gasteiger charge is 2.32. The van der Waals surface area contributed by atoms with Crippen LogP contribution in [0.5, 0.6) is 0 Å². The molecule has 1 aromatic rings. The molecular formula is C14H17Cl2NO4. The van der Waals surface area contributed by atoms with E-state index in [1.165, 1.54) is 19.2 Å². The van der Waals surface area contributed by atoms with E-state index in [1.54, 1.807) is 26.8 Å². The Labute approximate surface area is 133 Å². The van der Waals surface area contributed by atoms with Gasteiger partial charge in [0.2, 0.25) is 0 Å². The molecule has 1 rings (SSSR count). The van der Waals surface area contributed by atoms with Crippen LogP contribution in [0.3, 0.4) is 0 Å². The molecule has 116 valence electrons. The molecule has 0 heterocycles. The molecule has 1 amide bonds. The lowest BCUT2D eigenvalue weighted by molar-refractivity contribution is -0.142. The van der Waals surface area contributed by atoms with Gasteiger partial charge in [-0.2, -0.15) is 0 Å². The van der Waals surface area contributed by atoms with Crippen molar-refractivity contribution in [3.8, 4) is 0 Å². The minimum atomic E-state index is -1.29. The van der Waals surface area contributed by atoms with Crippen LogP contribution in [0.4, 0.5) is 4.79 Å². The van der Waals surface area contributed by atoms with E-state index in [9.17, 15) is 14.7 Å². The summed E-state index contributed by atoms with van der Waals surface area (Å²) in [6.07, 6.45) is -0.758. The van der Waals surface area contributed by atoms with Gasteiger partial charge in [0.15, 0.2) is 6.04 Å². The summed E-state index contributed by atoms with van der Waals surface area (Å²) in [6.45, 7) is 5.09. The number of carbonyl (C=O) groups is 2. The fraction of sp³-hybridized carbons (Fsp3) is 0.429. The summed E-state index contributed by atoms with van der Waals surface area (Å²) >= 11 is 11.9. The molecule has 7 heteroatoms. The first kappa shape index (κ1) is 17.6. The highest BCUT2D eigenvalue weighted by molar-refractivity contribution is 6.33.